The lowest BCUT2D eigenvalue weighted by Gasteiger charge is -2.33. The molecule has 0 spiro atoms. The van der Waals surface area contributed by atoms with E-state index in [1.807, 2.05) is 30.0 Å². The number of hydrogen-bond acceptors (Lipinski definition) is 2. The summed E-state index contributed by atoms with van der Waals surface area (Å²) in [5.74, 6) is 5.56. The van der Waals surface area contributed by atoms with Gasteiger partial charge in [-0.1, -0.05) is 23.5 Å². The maximum absolute atomic E-state index is 12.7. The van der Waals surface area contributed by atoms with Gasteiger partial charge in [0, 0.05) is 18.2 Å². The van der Waals surface area contributed by atoms with E-state index in [0.29, 0.717) is 11.1 Å². The molecule has 1 N–H and O–H groups in total. The van der Waals surface area contributed by atoms with E-state index < -0.39 is 0 Å². The number of likely N-dealkylation sites (tertiary alicyclic amines) is 1. The van der Waals surface area contributed by atoms with Crippen molar-refractivity contribution in [2.45, 2.75) is 39.2 Å². The van der Waals surface area contributed by atoms with Crippen LogP contribution in [0.2, 0.25) is 0 Å². The summed E-state index contributed by atoms with van der Waals surface area (Å²) < 4.78 is 0. The number of benzene rings is 1. The highest BCUT2D eigenvalue weighted by molar-refractivity contribution is 5.97. The molecule has 0 bridgehead atoms. The van der Waals surface area contributed by atoms with Crippen LogP contribution in [-0.4, -0.2) is 35.1 Å². The van der Waals surface area contributed by atoms with Crippen molar-refractivity contribution in [2.24, 2.45) is 0 Å². The van der Waals surface area contributed by atoms with Gasteiger partial charge >= 0.3 is 0 Å². The summed E-state index contributed by atoms with van der Waals surface area (Å²) >= 11 is 0. The summed E-state index contributed by atoms with van der Waals surface area (Å²) in [7, 11) is 0. The first-order chi connectivity index (χ1) is 9.63. The van der Waals surface area contributed by atoms with Crippen LogP contribution in [0.4, 0.5) is 0 Å². The summed E-state index contributed by atoms with van der Waals surface area (Å²) in [4.78, 5) is 14.7. The summed E-state index contributed by atoms with van der Waals surface area (Å²) in [6, 6.07) is 5.98. The Morgan fingerprint density at radius 2 is 2.25 bits per heavy atom. The highest BCUT2D eigenvalue weighted by atomic mass is 16.2. The van der Waals surface area contributed by atoms with Crippen molar-refractivity contribution >= 4 is 5.91 Å². The van der Waals surface area contributed by atoms with Gasteiger partial charge in [-0.25, -0.2) is 0 Å². The summed E-state index contributed by atoms with van der Waals surface area (Å²) in [5.41, 5.74) is 2.40. The second-order valence-electron chi connectivity index (χ2n) is 5.35. The van der Waals surface area contributed by atoms with E-state index in [1.54, 1.807) is 0 Å². The van der Waals surface area contributed by atoms with Crippen LogP contribution in [0, 0.1) is 18.8 Å². The fourth-order valence-corrected chi connectivity index (χ4v) is 2.63. The molecule has 1 heterocycles. The maximum Gasteiger partial charge on any atom is 0.255 e. The van der Waals surface area contributed by atoms with Crippen molar-refractivity contribution in [1.29, 1.82) is 0 Å². The van der Waals surface area contributed by atoms with Crippen molar-refractivity contribution < 1.29 is 9.90 Å². The van der Waals surface area contributed by atoms with Crippen molar-refractivity contribution in [3.63, 3.8) is 0 Å². The van der Waals surface area contributed by atoms with Gasteiger partial charge in [0.15, 0.2) is 0 Å². The standard InChI is InChI=1S/C17H21NO2/c1-13-8-9-15(7-5-11-19)16(12-13)17(20)18-10-4-3-6-14(18)2/h8-9,12,14,19H,3-4,6,10-11H2,1-2H3. The molecule has 1 aromatic rings. The monoisotopic (exact) mass is 271 g/mol. The van der Waals surface area contributed by atoms with Crippen molar-refractivity contribution in [2.75, 3.05) is 13.2 Å². The first kappa shape index (κ1) is 14.6. The molecule has 1 saturated heterocycles. The number of carbonyl (C=O) groups is 1. The van der Waals surface area contributed by atoms with E-state index in [9.17, 15) is 4.79 Å². The van der Waals surface area contributed by atoms with Gasteiger partial charge in [0.1, 0.15) is 6.61 Å². The third-order valence-electron chi connectivity index (χ3n) is 3.77. The molecule has 1 atom stereocenters. The van der Waals surface area contributed by atoms with Crippen LogP contribution in [0.1, 0.15) is 47.7 Å². The Morgan fingerprint density at radius 3 is 2.95 bits per heavy atom. The number of hydrogen-bond donors (Lipinski definition) is 1. The van der Waals surface area contributed by atoms with Gasteiger partial charge in [0.25, 0.3) is 5.91 Å². The topological polar surface area (TPSA) is 40.5 Å². The Balaban J connectivity index is 2.34. The first-order valence-corrected chi connectivity index (χ1v) is 7.15. The molecule has 3 heteroatoms. The van der Waals surface area contributed by atoms with Crippen LogP contribution in [-0.2, 0) is 0 Å². The number of aliphatic hydroxyl groups excluding tert-OH is 1. The molecular weight excluding hydrogens is 250 g/mol. The number of piperidine rings is 1. The van der Waals surface area contributed by atoms with Crippen LogP contribution in [0.5, 0.6) is 0 Å². The molecule has 20 heavy (non-hydrogen) atoms. The Bertz CT molecular complexity index is 554. The molecule has 1 unspecified atom stereocenters. The van der Waals surface area contributed by atoms with Crippen LogP contribution in [0.25, 0.3) is 0 Å². The lowest BCUT2D eigenvalue weighted by molar-refractivity contribution is 0.0635. The zero-order chi connectivity index (χ0) is 14.5. The largest absolute Gasteiger partial charge is 0.384 e. The molecule has 1 aliphatic heterocycles. The third-order valence-corrected chi connectivity index (χ3v) is 3.77. The number of rotatable bonds is 1. The molecule has 1 fully saturated rings. The molecule has 106 valence electrons. The van der Waals surface area contributed by atoms with Crippen molar-refractivity contribution in [3.8, 4) is 11.8 Å². The Morgan fingerprint density at radius 1 is 1.45 bits per heavy atom. The van der Waals surface area contributed by atoms with Gasteiger partial charge in [-0.15, -0.1) is 0 Å². The molecule has 0 aliphatic carbocycles. The lowest BCUT2D eigenvalue weighted by atomic mass is 9.99. The van der Waals surface area contributed by atoms with Gasteiger partial charge in [-0.2, -0.15) is 0 Å². The SMILES string of the molecule is Cc1ccc(C#CCO)c(C(=O)N2CCCCC2C)c1. The molecule has 1 aliphatic rings. The Hall–Kier alpha value is -1.79. The fourth-order valence-electron chi connectivity index (χ4n) is 2.63. The number of carbonyl (C=O) groups excluding carboxylic acids is 1. The normalized spacial score (nSPS) is 18.4. The fraction of sp³-hybridized carbons (Fsp3) is 0.471. The van der Waals surface area contributed by atoms with Gasteiger partial charge in [0.2, 0.25) is 0 Å². The minimum Gasteiger partial charge on any atom is -0.384 e. The van der Waals surface area contributed by atoms with E-state index in [0.717, 1.165) is 24.9 Å². The second kappa shape index (κ2) is 6.58. The molecule has 2 rings (SSSR count). The predicted octanol–water partition coefficient (Wildman–Crippen LogP) is 2.35. The van der Waals surface area contributed by atoms with Crippen molar-refractivity contribution in [3.05, 3.63) is 34.9 Å². The molecule has 3 nitrogen and oxygen atoms in total. The van der Waals surface area contributed by atoms with Crippen LogP contribution in [0.15, 0.2) is 18.2 Å². The lowest BCUT2D eigenvalue weighted by Crippen LogP contribution is -2.42. The average Bonchev–Trinajstić information content (AvgIpc) is 2.46. The van der Waals surface area contributed by atoms with Gasteiger partial charge < -0.3 is 10.0 Å². The maximum atomic E-state index is 12.7. The molecule has 0 radical (unpaired) electrons. The van der Waals surface area contributed by atoms with E-state index in [1.165, 1.54) is 6.42 Å². The first-order valence-electron chi connectivity index (χ1n) is 7.15. The minimum absolute atomic E-state index is 0.0585. The predicted molar refractivity (Wildman–Crippen MR) is 79.5 cm³/mol. The zero-order valence-electron chi connectivity index (χ0n) is 12.1. The van der Waals surface area contributed by atoms with Crippen LogP contribution >= 0.6 is 0 Å². The van der Waals surface area contributed by atoms with Crippen LogP contribution < -0.4 is 0 Å². The molecule has 0 aromatic heterocycles. The average molecular weight is 271 g/mol. The number of amides is 1. The molecule has 0 saturated carbocycles. The van der Waals surface area contributed by atoms with Gasteiger partial charge in [-0.05, 0) is 45.2 Å². The quantitative estimate of drug-likeness (QED) is 0.797. The molecule has 1 amide bonds. The zero-order valence-corrected chi connectivity index (χ0v) is 12.1. The Labute approximate surface area is 120 Å². The summed E-state index contributed by atoms with van der Waals surface area (Å²) in [5, 5.41) is 8.83. The Kier molecular flexibility index (Phi) is 4.81. The molecular formula is C17H21NO2. The molecule has 1 aromatic carbocycles. The van der Waals surface area contributed by atoms with E-state index in [4.69, 9.17) is 5.11 Å². The number of aliphatic hydroxyl groups is 1. The van der Waals surface area contributed by atoms with Crippen molar-refractivity contribution in [1.82, 2.24) is 4.90 Å². The highest BCUT2D eigenvalue weighted by Crippen LogP contribution is 2.21. The van der Waals surface area contributed by atoms with Gasteiger partial charge in [-0.3, -0.25) is 4.79 Å². The number of nitrogens with zero attached hydrogens (tertiary/aromatic N) is 1. The van der Waals surface area contributed by atoms with Crippen LogP contribution in [0.3, 0.4) is 0 Å². The third kappa shape index (κ3) is 3.20. The highest BCUT2D eigenvalue weighted by Gasteiger charge is 2.25. The second-order valence-corrected chi connectivity index (χ2v) is 5.35. The minimum atomic E-state index is -0.193. The van der Waals surface area contributed by atoms with E-state index in [2.05, 4.69) is 18.8 Å². The van der Waals surface area contributed by atoms with E-state index in [-0.39, 0.29) is 18.6 Å². The summed E-state index contributed by atoms with van der Waals surface area (Å²) in [6.45, 7) is 4.70. The van der Waals surface area contributed by atoms with E-state index >= 15 is 0 Å². The smallest absolute Gasteiger partial charge is 0.255 e. The number of aryl methyl sites for hydroxylation is 1. The summed E-state index contributed by atoms with van der Waals surface area (Å²) in [6.07, 6.45) is 3.32. The van der Waals surface area contributed by atoms with Gasteiger partial charge in [0.05, 0.1) is 5.56 Å².